The van der Waals surface area contributed by atoms with E-state index >= 15 is 0 Å². The molecule has 0 radical (unpaired) electrons. The highest BCUT2D eigenvalue weighted by atomic mass is 16.3. The van der Waals surface area contributed by atoms with Crippen molar-refractivity contribution in [3.63, 3.8) is 0 Å². The zero-order valence-corrected chi connectivity index (χ0v) is 14.1. The second-order valence-corrected chi connectivity index (χ2v) is 6.21. The molecule has 23 heavy (non-hydrogen) atoms. The van der Waals surface area contributed by atoms with Crippen LogP contribution in [-0.4, -0.2) is 37.9 Å². The quantitative estimate of drug-likeness (QED) is 0.853. The van der Waals surface area contributed by atoms with Crippen molar-refractivity contribution in [2.24, 2.45) is 0 Å². The van der Waals surface area contributed by atoms with Crippen LogP contribution in [0.4, 0.5) is 0 Å². The second kappa shape index (κ2) is 7.23. The number of hydrogen-bond donors (Lipinski definition) is 1. The number of aromatic nitrogens is 3. The van der Waals surface area contributed by atoms with Gasteiger partial charge in [-0.1, -0.05) is 24.3 Å². The molecule has 0 bridgehead atoms. The Labute approximate surface area is 138 Å². The van der Waals surface area contributed by atoms with Gasteiger partial charge < -0.3 is 9.67 Å². The van der Waals surface area contributed by atoms with Gasteiger partial charge in [-0.05, 0) is 44.2 Å². The highest BCUT2D eigenvalue weighted by Crippen LogP contribution is 2.36. The smallest absolute Gasteiger partial charge is 0.147 e. The predicted octanol–water partition coefficient (Wildman–Crippen LogP) is 2.48. The van der Waals surface area contributed by atoms with E-state index in [0.717, 1.165) is 50.5 Å². The van der Waals surface area contributed by atoms with Crippen molar-refractivity contribution in [3.8, 4) is 0 Å². The molecule has 1 aromatic heterocycles. The maximum Gasteiger partial charge on any atom is 0.147 e. The minimum Gasteiger partial charge on any atom is -0.396 e. The summed E-state index contributed by atoms with van der Waals surface area (Å²) in [6.45, 7) is 6.91. The number of benzene rings is 1. The molecule has 0 saturated carbocycles. The Bertz CT molecular complexity index is 652. The third-order valence-electron chi connectivity index (χ3n) is 4.82. The SMILES string of the molecule is CCn1c(C)nnc1CN(CCCO)C1CCc2ccccc21. The van der Waals surface area contributed by atoms with E-state index in [2.05, 4.69) is 50.9 Å². The summed E-state index contributed by atoms with van der Waals surface area (Å²) in [5.41, 5.74) is 2.89. The summed E-state index contributed by atoms with van der Waals surface area (Å²) in [6.07, 6.45) is 3.07. The first-order valence-electron chi connectivity index (χ1n) is 8.56. The van der Waals surface area contributed by atoms with Crippen LogP contribution in [-0.2, 0) is 19.5 Å². The third-order valence-corrected chi connectivity index (χ3v) is 4.82. The molecular weight excluding hydrogens is 288 g/mol. The lowest BCUT2D eigenvalue weighted by Gasteiger charge is -2.29. The molecule has 1 heterocycles. The highest BCUT2D eigenvalue weighted by Gasteiger charge is 2.28. The van der Waals surface area contributed by atoms with Gasteiger partial charge in [-0.15, -0.1) is 10.2 Å². The summed E-state index contributed by atoms with van der Waals surface area (Å²) in [5.74, 6) is 1.99. The van der Waals surface area contributed by atoms with Gasteiger partial charge in [-0.2, -0.15) is 0 Å². The van der Waals surface area contributed by atoms with Gasteiger partial charge in [0.1, 0.15) is 11.6 Å². The Hall–Kier alpha value is -1.72. The molecule has 1 N–H and O–H groups in total. The van der Waals surface area contributed by atoms with Gasteiger partial charge in [0, 0.05) is 25.7 Å². The number of hydrogen-bond acceptors (Lipinski definition) is 4. The Morgan fingerprint density at radius 3 is 2.91 bits per heavy atom. The molecule has 1 unspecified atom stereocenters. The van der Waals surface area contributed by atoms with Crippen LogP contribution in [0.2, 0.25) is 0 Å². The van der Waals surface area contributed by atoms with Crippen LogP contribution in [0.25, 0.3) is 0 Å². The van der Waals surface area contributed by atoms with E-state index in [0.29, 0.717) is 6.04 Å². The lowest BCUT2D eigenvalue weighted by Crippen LogP contribution is -2.30. The zero-order chi connectivity index (χ0) is 16.2. The first kappa shape index (κ1) is 16.1. The van der Waals surface area contributed by atoms with Crippen molar-refractivity contribution in [1.82, 2.24) is 19.7 Å². The molecule has 5 nitrogen and oxygen atoms in total. The molecule has 1 atom stereocenters. The Morgan fingerprint density at radius 1 is 1.30 bits per heavy atom. The van der Waals surface area contributed by atoms with Crippen molar-refractivity contribution >= 4 is 0 Å². The summed E-state index contributed by atoms with van der Waals surface area (Å²) in [6, 6.07) is 9.14. The number of nitrogens with zero attached hydrogens (tertiary/aromatic N) is 4. The lowest BCUT2D eigenvalue weighted by molar-refractivity contribution is 0.160. The molecule has 5 heteroatoms. The van der Waals surface area contributed by atoms with Crippen LogP contribution in [0.5, 0.6) is 0 Å². The van der Waals surface area contributed by atoms with Crippen molar-refractivity contribution in [2.45, 2.75) is 52.2 Å². The first-order valence-corrected chi connectivity index (χ1v) is 8.56. The van der Waals surface area contributed by atoms with Gasteiger partial charge in [0.15, 0.2) is 0 Å². The number of rotatable bonds is 7. The Balaban J connectivity index is 1.84. The van der Waals surface area contributed by atoms with Gasteiger partial charge in [0.05, 0.1) is 6.54 Å². The third kappa shape index (κ3) is 3.31. The van der Waals surface area contributed by atoms with Crippen LogP contribution in [0.3, 0.4) is 0 Å². The molecule has 0 aliphatic heterocycles. The topological polar surface area (TPSA) is 54.2 Å². The fourth-order valence-corrected chi connectivity index (χ4v) is 3.67. The second-order valence-electron chi connectivity index (χ2n) is 6.21. The Morgan fingerprint density at radius 2 is 2.13 bits per heavy atom. The molecule has 3 rings (SSSR count). The normalized spacial score (nSPS) is 17.0. The highest BCUT2D eigenvalue weighted by molar-refractivity contribution is 5.34. The maximum atomic E-state index is 9.26. The van der Waals surface area contributed by atoms with Crippen molar-refractivity contribution < 1.29 is 5.11 Å². The van der Waals surface area contributed by atoms with Crippen LogP contribution in [0, 0.1) is 6.92 Å². The Kier molecular flexibility index (Phi) is 5.08. The van der Waals surface area contributed by atoms with Crippen molar-refractivity contribution in [1.29, 1.82) is 0 Å². The van der Waals surface area contributed by atoms with Crippen LogP contribution in [0.15, 0.2) is 24.3 Å². The number of fused-ring (bicyclic) bond motifs is 1. The molecule has 124 valence electrons. The minimum atomic E-state index is 0.227. The van der Waals surface area contributed by atoms with Crippen LogP contribution < -0.4 is 0 Å². The zero-order valence-electron chi connectivity index (χ0n) is 14.1. The lowest BCUT2D eigenvalue weighted by atomic mass is 10.1. The maximum absolute atomic E-state index is 9.26. The standard InChI is InChI=1S/C18H26N4O/c1-3-22-14(2)19-20-18(22)13-21(11-6-12-23)17-10-9-15-7-4-5-8-16(15)17/h4-5,7-8,17,23H,3,6,9-13H2,1-2H3. The van der Waals surface area contributed by atoms with Crippen molar-refractivity contribution in [2.75, 3.05) is 13.2 Å². The van der Waals surface area contributed by atoms with E-state index in [4.69, 9.17) is 0 Å². The number of aliphatic hydroxyl groups excluding tert-OH is 1. The van der Waals surface area contributed by atoms with Crippen LogP contribution in [0.1, 0.15) is 48.6 Å². The van der Waals surface area contributed by atoms with Gasteiger partial charge in [-0.3, -0.25) is 4.90 Å². The summed E-state index contributed by atoms with van der Waals surface area (Å²) < 4.78 is 2.17. The summed E-state index contributed by atoms with van der Waals surface area (Å²) >= 11 is 0. The summed E-state index contributed by atoms with van der Waals surface area (Å²) in [4.78, 5) is 2.46. The molecule has 2 aromatic rings. The average Bonchev–Trinajstić information content (AvgIpc) is 3.15. The number of aryl methyl sites for hydroxylation is 2. The minimum absolute atomic E-state index is 0.227. The van der Waals surface area contributed by atoms with E-state index < -0.39 is 0 Å². The van der Waals surface area contributed by atoms with E-state index in [1.54, 1.807) is 0 Å². The van der Waals surface area contributed by atoms with Gasteiger partial charge in [-0.25, -0.2) is 0 Å². The molecule has 0 fully saturated rings. The molecule has 0 amide bonds. The van der Waals surface area contributed by atoms with E-state index in [1.165, 1.54) is 11.1 Å². The molecule has 0 saturated heterocycles. The monoisotopic (exact) mass is 314 g/mol. The van der Waals surface area contributed by atoms with Crippen LogP contribution >= 0.6 is 0 Å². The molecule has 1 aliphatic carbocycles. The fraction of sp³-hybridized carbons (Fsp3) is 0.556. The summed E-state index contributed by atoms with van der Waals surface area (Å²) in [7, 11) is 0. The molecule has 1 aliphatic rings. The van der Waals surface area contributed by atoms with E-state index in [1.807, 2.05) is 6.92 Å². The first-order chi connectivity index (χ1) is 11.2. The van der Waals surface area contributed by atoms with Gasteiger partial charge >= 0.3 is 0 Å². The fourth-order valence-electron chi connectivity index (χ4n) is 3.67. The number of aliphatic hydroxyl groups is 1. The van der Waals surface area contributed by atoms with E-state index in [-0.39, 0.29) is 6.61 Å². The average molecular weight is 314 g/mol. The molecular formula is C18H26N4O. The van der Waals surface area contributed by atoms with E-state index in [9.17, 15) is 5.11 Å². The molecule has 0 spiro atoms. The molecule has 1 aromatic carbocycles. The summed E-state index contributed by atoms with van der Waals surface area (Å²) in [5, 5.41) is 17.9. The van der Waals surface area contributed by atoms with Gasteiger partial charge in [0.25, 0.3) is 0 Å². The predicted molar refractivity (Wildman–Crippen MR) is 90.0 cm³/mol. The van der Waals surface area contributed by atoms with Crippen molar-refractivity contribution in [3.05, 3.63) is 47.0 Å². The van der Waals surface area contributed by atoms with Gasteiger partial charge in [0.2, 0.25) is 0 Å². The largest absolute Gasteiger partial charge is 0.396 e.